The third kappa shape index (κ3) is 2.54. The van der Waals surface area contributed by atoms with Crippen molar-refractivity contribution in [2.75, 3.05) is 19.6 Å². The van der Waals surface area contributed by atoms with Crippen molar-refractivity contribution in [2.24, 2.45) is 0 Å². The molecule has 6 nitrogen and oxygen atoms in total. The number of piperidine rings is 1. The molecule has 3 heterocycles. The first kappa shape index (κ1) is 15.1. The van der Waals surface area contributed by atoms with Crippen molar-refractivity contribution in [1.29, 1.82) is 0 Å². The molecule has 0 bridgehead atoms. The van der Waals surface area contributed by atoms with Crippen LogP contribution in [0.4, 0.5) is 4.79 Å². The Morgan fingerprint density at radius 2 is 1.92 bits per heavy atom. The first-order chi connectivity index (χ1) is 11.6. The number of amides is 4. The maximum Gasteiger partial charge on any atom is 0.324 e. The van der Waals surface area contributed by atoms with Crippen molar-refractivity contribution in [3.63, 3.8) is 0 Å². The average molecular weight is 343 g/mol. The van der Waals surface area contributed by atoms with E-state index in [0.29, 0.717) is 25.9 Å². The lowest BCUT2D eigenvalue weighted by Crippen LogP contribution is -2.48. The first-order valence-corrected chi connectivity index (χ1v) is 8.83. The molecular weight excluding hydrogens is 326 g/mol. The molecule has 1 N–H and O–H groups in total. The minimum Gasteiger partial charge on any atom is -0.338 e. The molecule has 0 saturated carbocycles. The highest BCUT2D eigenvalue weighted by molar-refractivity contribution is 7.20. The number of hydrogen-bond acceptors (Lipinski definition) is 4. The van der Waals surface area contributed by atoms with Gasteiger partial charge in [0.1, 0.15) is 0 Å². The van der Waals surface area contributed by atoms with Gasteiger partial charge in [-0.1, -0.05) is 18.2 Å². The van der Waals surface area contributed by atoms with E-state index < -0.39 is 0 Å². The lowest BCUT2D eigenvalue weighted by molar-refractivity contribution is -0.127. The fourth-order valence-corrected chi connectivity index (χ4v) is 4.41. The summed E-state index contributed by atoms with van der Waals surface area (Å²) in [4.78, 5) is 40.1. The predicted molar refractivity (Wildman–Crippen MR) is 91.0 cm³/mol. The van der Waals surface area contributed by atoms with Crippen LogP contribution in [-0.2, 0) is 4.79 Å². The Morgan fingerprint density at radius 3 is 2.58 bits per heavy atom. The number of imide groups is 1. The van der Waals surface area contributed by atoms with Gasteiger partial charge in [0.25, 0.3) is 5.91 Å². The van der Waals surface area contributed by atoms with Crippen molar-refractivity contribution in [1.82, 2.24) is 15.1 Å². The Morgan fingerprint density at radius 1 is 1.17 bits per heavy atom. The van der Waals surface area contributed by atoms with Crippen LogP contribution in [0.15, 0.2) is 30.3 Å². The fraction of sp³-hybridized carbons (Fsp3) is 0.353. The zero-order valence-electron chi connectivity index (χ0n) is 13.0. The molecule has 7 heteroatoms. The molecule has 0 spiro atoms. The monoisotopic (exact) mass is 343 g/mol. The SMILES string of the molecule is O=C(c1cc2ccccc2s1)N1CCC(N2C(=O)CNC2=O)CC1. The van der Waals surface area contributed by atoms with Gasteiger partial charge < -0.3 is 10.2 Å². The van der Waals surface area contributed by atoms with Crippen molar-refractivity contribution < 1.29 is 14.4 Å². The van der Waals surface area contributed by atoms with Crippen molar-refractivity contribution in [3.05, 3.63) is 35.2 Å². The van der Waals surface area contributed by atoms with Gasteiger partial charge in [-0.25, -0.2) is 4.79 Å². The normalized spacial score (nSPS) is 19.2. The van der Waals surface area contributed by atoms with Crippen LogP contribution in [0.3, 0.4) is 0 Å². The third-order valence-corrected chi connectivity index (χ3v) is 5.74. The summed E-state index contributed by atoms with van der Waals surface area (Å²) in [6, 6.07) is 9.48. The fourth-order valence-electron chi connectivity index (χ4n) is 3.37. The topological polar surface area (TPSA) is 69.7 Å². The molecular formula is C17H17N3O3S. The largest absolute Gasteiger partial charge is 0.338 e. The van der Waals surface area contributed by atoms with E-state index >= 15 is 0 Å². The summed E-state index contributed by atoms with van der Waals surface area (Å²) in [5.74, 6) is -0.138. The molecule has 1 aromatic carbocycles. The highest BCUT2D eigenvalue weighted by Gasteiger charge is 2.37. The maximum absolute atomic E-state index is 12.7. The molecule has 124 valence electrons. The molecule has 0 radical (unpaired) electrons. The van der Waals surface area contributed by atoms with Gasteiger partial charge >= 0.3 is 6.03 Å². The van der Waals surface area contributed by atoms with Crippen LogP contribution < -0.4 is 5.32 Å². The quantitative estimate of drug-likeness (QED) is 0.849. The zero-order valence-corrected chi connectivity index (χ0v) is 13.8. The smallest absolute Gasteiger partial charge is 0.324 e. The van der Waals surface area contributed by atoms with Gasteiger partial charge in [0.2, 0.25) is 5.91 Å². The first-order valence-electron chi connectivity index (χ1n) is 8.01. The van der Waals surface area contributed by atoms with Crippen LogP contribution >= 0.6 is 11.3 Å². The van der Waals surface area contributed by atoms with E-state index in [-0.39, 0.29) is 30.4 Å². The van der Waals surface area contributed by atoms with Crippen LogP contribution in [0.25, 0.3) is 10.1 Å². The number of carbonyl (C=O) groups excluding carboxylic acids is 3. The Bertz CT molecular complexity index is 774. The summed E-state index contributed by atoms with van der Waals surface area (Å²) >= 11 is 1.51. The van der Waals surface area contributed by atoms with Crippen molar-refractivity contribution >= 4 is 39.3 Å². The molecule has 24 heavy (non-hydrogen) atoms. The molecule has 4 amide bonds. The van der Waals surface area contributed by atoms with E-state index in [2.05, 4.69) is 5.32 Å². The van der Waals surface area contributed by atoms with Crippen LogP contribution in [-0.4, -0.2) is 53.3 Å². The minimum atomic E-state index is -0.311. The molecule has 0 unspecified atom stereocenters. The molecule has 2 aliphatic rings. The van der Waals surface area contributed by atoms with Crippen LogP contribution in [0.2, 0.25) is 0 Å². The van der Waals surface area contributed by atoms with E-state index in [1.54, 1.807) is 0 Å². The number of hydrogen-bond donors (Lipinski definition) is 1. The Hall–Kier alpha value is -2.41. The molecule has 2 saturated heterocycles. The van der Waals surface area contributed by atoms with Gasteiger partial charge in [0.05, 0.1) is 11.4 Å². The molecule has 2 aromatic rings. The number of benzene rings is 1. The average Bonchev–Trinajstić information content (AvgIpc) is 3.18. The Kier molecular flexibility index (Phi) is 3.72. The Balaban J connectivity index is 1.44. The summed E-state index contributed by atoms with van der Waals surface area (Å²) in [5, 5.41) is 3.63. The number of urea groups is 1. The summed E-state index contributed by atoms with van der Waals surface area (Å²) in [6.45, 7) is 1.21. The number of fused-ring (bicyclic) bond motifs is 1. The predicted octanol–water partition coefficient (Wildman–Crippen LogP) is 2.06. The highest BCUT2D eigenvalue weighted by Crippen LogP contribution is 2.28. The van der Waals surface area contributed by atoms with Gasteiger partial charge in [-0.3, -0.25) is 14.5 Å². The summed E-state index contributed by atoms with van der Waals surface area (Å²) in [5.41, 5.74) is 0. The van der Waals surface area contributed by atoms with E-state index in [4.69, 9.17) is 0 Å². The van der Waals surface area contributed by atoms with E-state index in [0.717, 1.165) is 15.0 Å². The number of nitrogens with one attached hydrogen (secondary N) is 1. The number of carbonyl (C=O) groups is 3. The van der Waals surface area contributed by atoms with Gasteiger partial charge in [-0.2, -0.15) is 0 Å². The number of likely N-dealkylation sites (tertiary alicyclic amines) is 1. The number of nitrogens with zero attached hydrogens (tertiary/aromatic N) is 2. The standard InChI is InChI=1S/C17H17N3O3S/c21-15-10-18-17(23)20(15)12-5-7-19(8-6-12)16(22)14-9-11-3-1-2-4-13(11)24-14/h1-4,9,12H,5-8,10H2,(H,18,23). The number of rotatable bonds is 2. The van der Waals surface area contributed by atoms with Gasteiger partial charge in [-0.05, 0) is 30.4 Å². The lowest BCUT2D eigenvalue weighted by atomic mass is 10.0. The van der Waals surface area contributed by atoms with Crippen LogP contribution in [0.1, 0.15) is 22.5 Å². The van der Waals surface area contributed by atoms with Gasteiger partial charge in [-0.15, -0.1) is 11.3 Å². The second-order valence-corrected chi connectivity index (χ2v) is 7.18. The van der Waals surface area contributed by atoms with E-state index in [1.807, 2.05) is 35.2 Å². The molecule has 2 fully saturated rings. The summed E-state index contributed by atoms with van der Waals surface area (Å²) in [7, 11) is 0. The summed E-state index contributed by atoms with van der Waals surface area (Å²) < 4.78 is 1.11. The summed E-state index contributed by atoms with van der Waals surface area (Å²) in [6.07, 6.45) is 1.27. The van der Waals surface area contributed by atoms with E-state index in [1.165, 1.54) is 16.2 Å². The van der Waals surface area contributed by atoms with Gasteiger partial charge in [0, 0.05) is 23.8 Å². The van der Waals surface area contributed by atoms with Crippen molar-refractivity contribution in [2.45, 2.75) is 18.9 Å². The third-order valence-electron chi connectivity index (χ3n) is 4.63. The zero-order chi connectivity index (χ0) is 16.7. The molecule has 0 atom stereocenters. The maximum atomic E-state index is 12.7. The molecule has 1 aromatic heterocycles. The molecule has 0 aliphatic carbocycles. The minimum absolute atomic E-state index is 0.0341. The van der Waals surface area contributed by atoms with Crippen molar-refractivity contribution in [3.8, 4) is 0 Å². The second kappa shape index (κ2) is 5.90. The van der Waals surface area contributed by atoms with E-state index in [9.17, 15) is 14.4 Å². The lowest BCUT2D eigenvalue weighted by Gasteiger charge is -2.35. The number of thiophene rings is 1. The highest BCUT2D eigenvalue weighted by atomic mass is 32.1. The molecule has 4 rings (SSSR count). The van der Waals surface area contributed by atoms with Gasteiger partial charge in [0.15, 0.2) is 0 Å². The second-order valence-electron chi connectivity index (χ2n) is 6.09. The molecule has 2 aliphatic heterocycles. The van der Waals surface area contributed by atoms with Crippen LogP contribution in [0.5, 0.6) is 0 Å². The van der Waals surface area contributed by atoms with Crippen LogP contribution in [0, 0.1) is 0 Å². The Labute approximate surface area is 143 Å².